The molecule has 0 aromatic heterocycles. The van der Waals surface area contributed by atoms with E-state index in [9.17, 15) is 4.79 Å². The Bertz CT molecular complexity index is 536. The van der Waals surface area contributed by atoms with E-state index in [1.165, 1.54) is 0 Å². The number of anilines is 2. The highest BCUT2D eigenvalue weighted by molar-refractivity contribution is 5.91. The van der Waals surface area contributed by atoms with Gasteiger partial charge in [-0.3, -0.25) is 0 Å². The van der Waals surface area contributed by atoms with E-state index in [0.29, 0.717) is 34.6 Å². The average molecular weight is 290 g/mol. The van der Waals surface area contributed by atoms with Crippen molar-refractivity contribution in [3.8, 4) is 0 Å². The maximum Gasteiger partial charge on any atom is 0.338 e. The molecular formula is C17H26N2O2. The zero-order valence-electron chi connectivity index (χ0n) is 13.6. The van der Waals surface area contributed by atoms with Gasteiger partial charge in [-0.1, -0.05) is 27.7 Å². The summed E-state index contributed by atoms with van der Waals surface area (Å²) in [5.74, 6) is 0.286. The molecule has 0 atom stereocenters. The predicted octanol–water partition coefficient (Wildman–Crippen LogP) is 3.54. The summed E-state index contributed by atoms with van der Waals surface area (Å²) in [5.41, 5.74) is 8.67. The highest BCUT2D eigenvalue weighted by Crippen LogP contribution is 2.68. The van der Waals surface area contributed by atoms with E-state index >= 15 is 0 Å². The number of hydrogen-bond acceptors (Lipinski definition) is 4. The average Bonchev–Trinajstić information content (AvgIpc) is 2.79. The minimum Gasteiger partial charge on any atom is -0.462 e. The summed E-state index contributed by atoms with van der Waals surface area (Å²) < 4.78 is 4.97. The molecule has 0 heterocycles. The number of carbonyl (C=O) groups is 1. The van der Waals surface area contributed by atoms with Gasteiger partial charge in [-0.25, -0.2) is 4.79 Å². The normalized spacial score (nSPS) is 19.1. The molecule has 3 N–H and O–H groups in total. The maximum atomic E-state index is 11.7. The summed E-state index contributed by atoms with van der Waals surface area (Å²) in [6, 6.07) is 5.27. The van der Waals surface area contributed by atoms with Crippen molar-refractivity contribution in [3.05, 3.63) is 23.8 Å². The number of carbonyl (C=O) groups excluding carboxylic acids is 1. The summed E-state index contributed by atoms with van der Waals surface area (Å²) in [7, 11) is 0. The van der Waals surface area contributed by atoms with Crippen LogP contribution in [0.15, 0.2) is 18.2 Å². The number of nitrogens with one attached hydrogen (secondary N) is 1. The summed E-state index contributed by atoms with van der Waals surface area (Å²) in [4.78, 5) is 11.7. The summed E-state index contributed by atoms with van der Waals surface area (Å²) in [5, 5.41) is 3.41. The minimum absolute atomic E-state index is 0.333. The van der Waals surface area contributed by atoms with Crippen LogP contribution in [0, 0.1) is 16.7 Å². The quantitative estimate of drug-likeness (QED) is 0.643. The fourth-order valence-electron chi connectivity index (χ4n) is 3.12. The monoisotopic (exact) mass is 290 g/mol. The van der Waals surface area contributed by atoms with E-state index < -0.39 is 0 Å². The van der Waals surface area contributed by atoms with Gasteiger partial charge in [0.05, 0.1) is 23.5 Å². The molecule has 1 aromatic carbocycles. The molecule has 0 unspecified atom stereocenters. The molecule has 0 saturated heterocycles. The van der Waals surface area contributed by atoms with E-state index in [1.54, 1.807) is 19.1 Å². The molecule has 0 bridgehead atoms. The zero-order chi connectivity index (χ0) is 15.8. The van der Waals surface area contributed by atoms with Crippen molar-refractivity contribution in [2.24, 2.45) is 16.7 Å². The molecule has 1 aliphatic carbocycles. The lowest BCUT2D eigenvalue weighted by atomic mass is 10.0. The maximum absolute atomic E-state index is 11.7. The van der Waals surface area contributed by atoms with Crippen molar-refractivity contribution in [1.29, 1.82) is 0 Å². The molecule has 1 fully saturated rings. The lowest BCUT2D eigenvalue weighted by Gasteiger charge is -2.11. The van der Waals surface area contributed by atoms with Crippen LogP contribution < -0.4 is 11.1 Å². The summed E-state index contributed by atoms with van der Waals surface area (Å²) in [6.07, 6.45) is 0. The first kappa shape index (κ1) is 15.7. The van der Waals surface area contributed by atoms with E-state index in [-0.39, 0.29) is 5.97 Å². The number of nitrogen functional groups attached to an aromatic ring is 1. The Morgan fingerprint density at radius 1 is 1.29 bits per heavy atom. The van der Waals surface area contributed by atoms with Crippen molar-refractivity contribution in [2.45, 2.75) is 34.6 Å². The smallest absolute Gasteiger partial charge is 0.338 e. The van der Waals surface area contributed by atoms with Gasteiger partial charge in [-0.15, -0.1) is 0 Å². The Hall–Kier alpha value is -1.71. The molecule has 0 spiro atoms. The lowest BCUT2D eigenvalue weighted by Crippen LogP contribution is -2.11. The van der Waals surface area contributed by atoms with Gasteiger partial charge in [0.2, 0.25) is 0 Å². The molecule has 0 amide bonds. The van der Waals surface area contributed by atoms with Crippen LogP contribution in [-0.2, 0) is 4.74 Å². The number of ether oxygens (including phenoxy) is 1. The highest BCUT2D eigenvalue weighted by Gasteiger charge is 2.64. The highest BCUT2D eigenvalue weighted by atomic mass is 16.5. The summed E-state index contributed by atoms with van der Waals surface area (Å²) in [6.45, 7) is 12.2. The Balaban J connectivity index is 2.01. The van der Waals surface area contributed by atoms with E-state index in [0.717, 1.165) is 12.2 Å². The van der Waals surface area contributed by atoms with Gasteiger partial charge in [0.1, 0.15) is 0 Å². The first-order valence-corrected chi connectivity index (χ1v) is 7.52. The van der Waals surface area contributed by atoms with Crippen LogP contribution >= 0.6 is 0 Å². The fourth-order valence-corrected chi connectivity index (χ4v) is 3.12. The SMILES string of the molecule is CCOC(=O)c1ccc(NCC2C(C)(C)C2(C)C)c(N)c1. The van der Waals surface area contributed by atoms with Crippen molar-refractivity contribution < 1.29 is 9.53 Å². The third kappa shape index (κ3) is 2.71. The topological polar surface area (TPSA) is 64.3 Å². The third-order valence-corrected chi connectivity index (χ3v) is 5.38. The molecule has 116 valence electrons. The van der Waals surface area contributed by atoms with Crippen LogP contribution in [-0.4, -0.2) is 19.1 Å². The zero-order valence-corrected chi connectivity index (χ0v) is 13.6. The van der Waals surface area contributed by atoms with Crippen LogP contribution in [0.2, 0.25) is 0 Å². The molecule has 1 aliphatic rings. The van der Waals surface area contributed by atoms with Crippen molar-refractivity contribution >= 4 is 17.3 Å². The van der Waals surface area contributed by atoms with Crippen molar-refractivity contribution in [3.63, 3.8) is 0 Å². The number of nitrogens with two attached hydrogens (primary N) is 1. The van der Waals surface area contributed by atoms with Gasteiger partial charge in [0, 0.05) is 6.54 Å². The lowest BCUT2D eigenvalue weighted by molar-refractivity contribution is 0.0526. The number of rotatable bonds is 5. The molecule has 0 aliphatic heterocycles. The third-order valence-electron chi connectivity index (χ3n) is 5.38. The van der Waals surface area contributed by atoms with E-state index in [4.69, 9.17) is 10.5 Å². The Morgan fingerprint density at radius 3 is 2.38 bits per heavy atom. The van der Waals surface area contributed by atoms with Crippen LogP contribution in [0.4, 0.5) is 11.4 Å². The van der Waals surface area contributed by atoms with Gasteiger partial charge in [0.15, 0.2) is 0 Å². The van der Waals surface area contributed by atoms with Crippen LogP contribution in [0.3, 0.4) is 0 Å². The van der Waals surface area contributed by atoms with Crippen LogP contribution in [0.1, 0.15) is 45.0 Å². The van der Waals surface area contributed by atoms with Gasteiger partial charge in [0.25, 0.3) is 0 Å². The first-order chi connectivity index (χ1) is 9.71. The molecule has 21 heavy (non-hydrogen) atoms. The number of hydrogen-bond donors (Lipinski definition) is 2. The molecular weight excluding hydrogens is 264 g/mol. The molecule has 4 heteroatoms. The Kier molecular flexibility index (Phi) is 3.91. The van der Waals surface area contributed by atoms with Crippen molar-refractivity contribution in [1.82, 2.24) is 0 Å². The van der Waals surface area contributed by atoms with E-state index in [2.05, 4.69) is 33.0 Å². The largest absolute Gasteiger partial charge is 0.462 e. The Morgan fingerprint density at radius 2 is 1.90 bits per heavy atom. The Labute approximate surface area is 127 Å². The molecule has 4 nitrogen and oxygen atoms in total. The van der Waals surface area contributed by atoms with Crippen LogP contribution in [0.25, 0.3) is 0 Å². The standard InChI is InChI=1S/C17H26N2O2/c1-6-21-15(20)11-7-8-13(12(18)9-11)19-10-14-16(2,3)17(14,4)5/h7-9,14,19H,6,10,18H2,1-5H3. The van der Waals surface area contributed by atoms with Gasteiger partial charge in [-0.05, 0) is 41.9 Å². The second-order valence-corrected chi connectivity index (χ2v) is 6.90. The van der Waals surface area contributed by atoms with Crippen molar-refractivity contribution in [2.75, 3.05) is 24.2 Å². The fraction of sp³-hybridized carbons (Fsp3) is 0.588. The molecule has 1 saturated carbocycles. The first-order valence-electron chi connectivity index (χ1n) is 7.52. The molecule has 2 rings (SSSR count). The predicted molar refractivity (Wildman–Crippen MR) is 86.4 cm³/mol. The number of esters is 1. The van der Waals surface area contributed by atoms with Gasteiger partial charge >= 0.3 is 5.97 Å². The van der Waals surface area contributed by atoms with E-state index in [1.807, 2.05) is 6.07 Å². The van der Waals surface area contributed by atoms with Gasteiger partial charge < -0.3 is 15.8 Å². The molecule has 0 radical (unpaired) electrons. The minimum atomic E-state index is -0.333. The summed E-state index contributed by atoms with van der Waals surface area (Å²) >= 11 is 0. The molecule has 1 aromatic rings. The second-order valence-electron chi connectivity index (χ2n) is 6.90. The second kappa shape index (κ2) is 5.24. The van der Waals surface area contributed by atoms with Gasteiger partial charge in [-0.2, -0.15) is 0 Å². The van der Waals surface area contributed by atoms with Crippen LogP contribution in [0.5, 0.6) is 0 Å². The number of benzene rings is 1.